The van der Waals surface area contributed by atoms with Gasteiger partial charge >= 0.3 is 6.09 Å². The summed E-state index contributed by atoms with van der Waals surface area (Å²) in [6.07, 6.45) is -0.589. The van der Waals surface area contributed by atoms with Crippen LogP contribution in [-0.4, -0.2) is 25.2 Å². The van der Waals surface area contributed by atoms with Crippen LogP contribution in [0.15, 0.2) is 23.6 Å². The van der Waals surface area contributed by atoms with E-state index in [1.807, 2.05) is 23.6 Å². The van der Waals surface area contributed by atoms with Gasteiger partial charge in [-0.1, -0.05) is 11.6 Å². The van der Waals surface area contributed by atoms with Crippen molar-refractivity contribution in [1.82, 2.24) is 5.32 Å². The molecule has 0 aliphatic carbocycles. The molecule has 2 aromatic rings. The largest absolute Gasteiger partial charge is 0.448 e. The van der Waals surface area contributed by atoms with Crippen LogP contribution >= 0.6 is 22.9 Å². The van der Waals surface area contributed by atoms with Crippen molar-refractivity contribution < 1.29 is 14.3 Å². The van der Waals surface area contributed by atoms with Crippen LogP contribution in [0.4, 0.5) is 4.79 Å². The summed E-state index contributed by atoms with van der Waals surface area (Å²) in [7, 11) is 0. The second-order valence-corrected chi connectivity index (χ2v) is 5.44. The van der Waals surface area contributed by atoms with E-state index in [2.05, 4.69) is 10.1 Å². The number of hydrogen-bond acceptors (Lipinski definition) is 4. The van der Waals surface area contributed by atoms with Gasteiger partial charge in [-0.15, -0.1) is 11.3 Å². The Bertz CT molecular complexity index is 642. The van der Waals surface area contributed by atoms with Crippen molar-refractivity contribution in [3.63, 3.8) is 0 Å². The number of hydrogen-bond donors (Lipinski definition) is 2. The maximum Gasteiger partial charge on any atom is 0.404 e. The highest BCUT2D eigenvalue weighted by Gasteiger charge is 2.09. The van der Waals surface area contributed by atoms with Gasteiger partial charge in [-0.3, -0.25) is 4.79 Å². The fourth-order valence-corrected chi connectivity index (χ4v) is 2.88. The van der Waals surface area contributed by atoms with E-state index in [9.17, 15) is 9.59 Å². The number of nitrogens with one attached hydrogen (secondary N) is 1. The topological polar surface area (TPSA) is 81.4 Å². The Morgan fingerprint density at radius 3 is 2.95 bits per heavy atom. The van der Waals surface area contributed by atoms with Crippen LogP contribution in [-0.2, 0) is 16.0 Å². The summed E-state index contributed by atoms with van der Waals surface area (Å²) in [4.78, 5) is 22.1. The van der Waals surface area contributed by atoms with Crippen LogP contribution in [0, 0.1) is 0 Å². The van der Waals surface area contributed by atoms with Crippen molar-refractivity contribution in [2.45, 2.75) is 6.42 Å². The highest BCUT2D eigenvalue weighted by atomic mass is 35.5. The molecule has 0 radical (unpaired) electrons. The van der Waals surface area contributed by atoms with Crippen LogP contribution in [0.3, 0.4) is 0 Å². The first-order valence-electron chi connectivity index (χ1n) is 5.91. The molecule has 5 nitrogen and oxygen atoms in total. The van der Waals surface area contributed by atoms with E-state index in [4.69, 9.17) is 17.3 Å². The van der Waals surface area contributed by atoms with Gasteiger partial charge in [0.05, 0.1) is 13.0 Å². The van der Waals surface area contributed by atoms with Gasteiger partial charge in [0.1, 0.15) is 6.61 Å². The monoisotopic (exact) mass is 312 g/mol. The third-order valence-corrected chi connectivity index (χ3v) is 3.88. The maximum absolute atomic E-state index is 11.8. The second kappa shape index (κ2) is 6.58. The molecule has 0 saturated carbocycles. The lowest BCUT2D eigenvalue weighted by Gasteiger charge is -2.05. The third kappa shape index (κ3) is 3.85. The van der Waals surface area contributed by atoms with Gasteiger partial charge in [-0.05, 0) is 34.5 Å². The molecule has 0 fully saturated rings. The van der Waals surface area contributed by atoms with E-state index in [0.29, 0.717) is 5.02 Å². The molecule has 0 atom stereocenters. The molecule has 3 N–H and O–H groups in total. The first-order valence-corrected chi connectivity index (χ1v) is 7.16. The number of halogens is 1. The number of carbonyl (C=O) groups is 2. The number of ether oxygens (including phenoxy) is 1. The Balaban J connectivity index is 1.93. The normalized spacial score (nSPS) is 10.4. The van der Waals surface area contributed by atoms with Gasteiger partial charge in [0.2, 0.25) is 5.91 Å². The van der Waals surface area contributed by atoms with Crippen molar-refractivity contribution in [3.8, 4) is 0 Å². The molecule has 0 bridgehead atoms. The molecule has 0 aliphatic heterocycles. The van der Waals surface area contributed by atoms with Crippen LogP contribution in [0.2, 0.25) is 5.02 Å². The summed E-state index contributed by atoms with van der Waals surface area (Å²) in [6.45, 7) is 0.307. The Kier molecular flexibility index (Phi) is 4.81. The summed E-state index contributed by atoms with van der Waals surface area (Å²) < 4.78 is 5.61. The summed E-state index contributed by atoms with van der Waals surface area (Å²) in [5, 5.41) is 6.24. The van der Waals surface area contributed by atoms with Gasteiger partial charge in [-0.25, -0.2) is 4.79 Å². The fraction of sp³-hybridized carbons (Fsp3) is 0.231. The zero-order chi connectivity index (χ0) is 14.5. The van der Waals surface area contributed by atoms with Crippen molar-refractivity contribution in [3.05, 3.63) is 34.2 Å². The average molecular weight is 313 g/mol. The molecule has 20 heavy (non-hydrogen) atoms. The highest BCUT2D eigenvalue weighted by molar-refractivity contribution is 7.17. The van der Waals surface area contributed by atoms with E-state index >= 15 is 0 Å². The lowest BCUT2D eigenvalue weighted by Crippen LogP contribution is -2.30. The summed E-state index contributed by atoms with van der Waals surface area (Å²) in [6, 6.07) is 5.61. The minimum atomic E-state index is -0.849. The molecule has 0 aliphatic rings. The number of benzene rings is 1. The lowest BCUT2D eigenvalue weighted by atomic mass is 10.1. The van der Waals surface area contributed by atoms with Gasteiger partial charge < -0.3 is 15.8 Å². The fourth-order valence-electron chi connectivity index (χ4n) is 1.77. The van der Waals surface area contributed by atoms with E-state index in [1.54, 1.807) is 11.3 Å². The molecule has 2 amide bonds. The van der Waals surface area contributed by atoms with Gasteiger partial charge in [0.25, 0.3) is 0 Å². The molecule has 0 saturated heterocycles. The molecule has 1 aromatic carbocycles. The second-order valence-electron chi connectivity index (χ2n) is 4.10. The number of nitrogens with two attached hydrogens (primary N) is 1. The highest BCUT2D eigenvalue weighted by Crippen LogP contribution is 2.28. The van der Waals surface area contributed by atoms with Gasteiger partial charge in [0.15, 0.2) is 0 Å². The van der Waals surface area contributed by atoms with Crippen molar-refractivity contribution >= 4 is 45.0 Å². The smallest absolute Gasteiger partial charge is 0.404 e. The SMILES string of the molecule is NC(=O)OCCNC(=O)Cc1csc2ccc(Cl)cc12. The average Bonchev–Trinajstić information content (AvgIpc) is 2.77. The first kappa shape index (κ1) is 14.6. The predicted molar refractivity (Wildman–Crippen MR) is 79.1 cm³/mol. The first-order chi connectivity index (χ1) is 9.56. The van der Waals surface area contributed by atoms with Crippen LogP contribution in [0.5, 0.6) is 0 Å². The minimum absolute atomic E-state index is 0.0668. The molecule has 7 heteroatoms. The van der Waals surface area contributed by atoms with Crippen molar-refractivity contribution in [2.75, 3.05) is 13.2 Å². The zero-order valence-corrected chi connectivity index (χ0v) is 12.1. The summed E-state index contributed by atoms with van der Waals surface area (Å²) >= 11 is 7.53. The summed E-state index contributed by atoms with van der Waals surface area (Å²) in [5.41, 5.74) is 5.74. The van der Waals surface area contributed by atoms with Gasteiger partial charge in [-0.2, -0.15) is 0 Å². The predicted octanol–water partition coefficient (Wildman–Crippen LogP) is 2.31. The lowest BCUT2D eigenvalue weighted by molar-refractivity contribution is -0.120. The molecule has 0 spiro atoms. The Morgan fingerprint density at radius 2 is 2.20 bits per heavy atom. The van der Waals surface area contributed by atoms with E-state index < -0.39 is 6.09 Å². The Morgan fingerprint density at radius 1 is 1.40 bits per heavy atom. The third-order valence-electron chi connectivity index (χ3n) is 2.64. The van der Waals surface area contributed by atoms with Crippen LogP contribution in [0.1, 0.15) is 5.56 Å². The van der Waals surface area contributed by atoms with Crippen LogP contribution in [0.25, 0.3) is 10.1 Å². The molecule has 106 valence electrons. The van der Waals surface area contributed by atoms with Crippen molar-refractivity contribution in [2.24, 2.45) is 5.73 Å². The molecule has 1 aromatic heterocycles. The molecular weight excluding hydrogens is 300 g/mol. The molecule has 2 rings (SSSR count). The summed E-state index contributed by atoms with van der Waals surface area (Å²) in [5.74, 6) is -0.141. The Labute approximate surface area is 124 Å². The minimum Gasteiger partial charge on any atom is -0.448 e. The number of primary amides is 1. The number of thiophene rings is 1. The number of rotatable bonds is 5. The van der Waals surface area contributed by atoms with E-state index in [1.165, 1.54) is 0 Å². The van der Waals surface area contributed by atoms with Gasteiger partial charge in [0, 0.05) is 9.72 Å². The van der Waals surface area contributed by atoms with E-state index in [-0.39, 0.29) is 25.5 Å². The molecule has 0 unspecified atom stereocenters. The molecule has 1 heterocycles. The number of carbonyl (C=O) groups excluding carboxylic acids is 2. The standard InChI is InChI=1S/C13H13ClN2O3S/c14-9-1-2-11-10(6-9)8(7-20-11)5-12(17)16-3-4-19-13(15)18/h1-2,6-7H,3-5H2,(H2,15,18)(H,16,17). The van der Waals surface area contributed by atoms with Crippen molar-refractivity contribution in [1.29, 1.82) is 0 Å². The molecular formula is C13H13ClN2O3S. The zero-order valence-electron chi connectivity index (χ0n) is 10.5. The quantitative estimate of drug-likeness (QED) is 0.831. The maximum atomic E-state index is 11.8. The number of amides is 2. The number of fused-ring (bicyclic) bond motifs is 1. The van der Waals surface area contributed by atoms with Crippen LogP contribution < -0.4 is 11.1 Å². The van der Waals surface area contributed by atoms with E-state index in [0.717, 1.165) is 15.6 Å². The Hall–Kier alpha value is -1.79.